The van der Waals surface area contributed by atoms with Gasteiger partial charge in [0.15, 0.2) is 0 Å². The Balaban J connectivity index is 1.95. The summed E-state index contributed by atoms with van der Waals surface area (Å²) >= 11 is 0. The molecule has 1 heterocycles. The van der Waals surface area contributed by atoms with Crippen LogP contribution in [0.15, 0.2) is 12.4 Å². The third kappa shape index (κ3) is 1.95. The van der Waals surface area contributed by atoms with Gasteiger partial charge in [-0.2, -0.15) is 0 Å². The second kappa shape index (κ2) is 3.82. The first-order valence-corrected chi connectivity index (χ1v) is 5.10. The van der Waals surface area contributed by atoms with E-state index in [1.54, 1.807) is 12.4 Å². The van der Waals surface area contributed by atoms with Crippen molar-refractivity contribution in [1.29, 1.82) is 0 Å². The summed E-state index contributed by atoms with van der Waals surface area (Å²) in [6, 6.07) is 0.472. The Morgan fingerprint density at radius 2 is 2.29 bits per heavy atom. The number of rotatable bonds is 3. The van der Waals surface area contributed by atoms with Gasteiger partial charge in [-0.1, -0.05) is 6.42 Å². The van der Waals surface area contributed by atoms with Crippen LogP contribution >= 0.6 is 0 Å². The molecular weight excluding hydrogens is 176 g/mol. The van der Waals surface area contributed by atoms with Crippen molar-refractivity contribution < 1.29 is 0 Å². The minimum Gasteiger partial charge on any atom is -0.382 e. The third-order valence-corrected chi connectivity index (χ3v) is 2.89. The Morgan fingerprint density at radius 3 is 2.86 bits per heavy atom. The summed E-state index contributed by atoms with van der Waals surface area (Å²) in [5, 5.41) is 3.33. The third-order valence-electron chi connectivity index (χ3n) is 2.89. The van der Waals surface area contributed by atoms with E-state index in [-0.39, 0.29) is 0 Å². The van der Waals surface area contributed by atoms with Gasteiger partial charge in [0.25, 0.3) is 0 Å². The van der Waals surface area contributed by atoms with E-state index in [1.165, 1.54) is 19.3 Å². The van der Waals surface area contributed by atoms with Crippen molar-refractivity contribution in [3.63, 3.8) is 0 Å². The van der Waals surface area contributed by atoms with Gasteiger partial charge >= 0.3 is 0 Å². The molecule has 1 saturated carbocycles. The predicted octanol–water partition coefficient (Wildman–Crippen LogP) is 1.66. The van der Waals surface area contributed by atoms with Gasteiger partial charge in [-0.15, -0.1) is 0 Å². The average molecular weight is 192 g/mol. The number of nitrogens with zero attached hydrogens (tertiary/aromatic N) is 2. The van der Waals surface area contributed by atoms with Crippen LogP contribution in [0.25, 0.3) is 0 Å². The number of hydrogen-bond donors (Lipinski definition) is 2. The lowest BCUT2D eigenvalue weighted by molar-refractivity contribution is 0.285. The van der Waals surface area contributed by atoms with Crippen LogP contribution in [0, 0.1) is 5.92 Å². The van der Waals surface area contributed by atoms with Crippen LogP contribution in [0.2, 0.25) is 0 Å². The molecule has 0 radical (unpaired) electrons. The molecule has 76 valence electrons. The van der Waals surface area contributed by atoms with E-state index < -0.39 is 0 Å². The van der Waals surface area contributed by atoms with Crippen molar-refractivity contribution in [2.24, 2.45) is 5.92 Å². The first-order chi connectivity index (χ1) is 6.75. The molecule has 0 bridgehead atoms. The zero-order valence-electron chi connectivity index (χ0n) is 8.40. The Labute approximate surface area is 83.9 Å². The summed E-state index contributed by atoms with van der Waals surface area (Å²) in [7, 11) is 0. The Bertz CT molecular complexity index is 309. The quantitative estimate of drug-likeness (QED) is 0.764. The minimum absolute atomic E-state index is 0.468. The predicted molar refractivity (Wildman–Crippen MR) is 56.9 cm³/mol. The molecule has 0 aliphatic heterocycles. The maximum absolute atomic E-state index is 5.54. The summed E-state index contributed by atoms with van der Waals surface area (Å²) < 4.78 is 0. The summed E-state index contributed by atoms with van der Waals surface area (Å²) in [5.41, 5.74) is 5.54. The van der Waals surface area contributed by atoms with Gasteiger partial charge in [0.1, 0.15) is 11.6 Å². The first kappa shape index (κ1) is 9.24. The second-order valence-electron chi connectivity index (χ2n) is 3.95. The topological polar surface area (TPSA) is 63.8 Å². The first-order valence-electron chi connectivity index (χ1n) is 5.10. The van der Waals surface area contributed by atoms with Gasteiger partial charge in [-0.05, 0) is 25.7 Å². The molecule has 0 spiro atoms. The zero-order chi connectivity index (χ0) is 9.97. The zero-order valence-corrected chi connectivity index (χ0v) is 8.40. The van der Waals surface area contributed by atoms with Crippen molar-refractivity contribution in [2.75, 3.05) is 11.1 Å². The van der Waals surface area contributed by atoms with Gasteiger partial charge in [0.05, 0.1) is 12.4 Å². The van der Waals surface area contributed by atoms with Crippen molar-refractivity contribution in [1.82, 2.24) is 9.97 Å². The number of anilines is 2. The fourth-order valence-electron chi connectivity index (χ4n) is 1.74. The highest BCUT2D eigenvalue weighted by molar-refractivity contribution is 5.39. The molecule has 0 saturated heterocycles. The molecular formula is C10H16N4. The van der Waals surface area contributed by atoms with Gasteiger partial charge in [0, 0.05) is 6.04 Å². The lowest BCUT2D eigenvalue weighted by atomic mass is 9.80. The van der Waals surface area contributed by atoms with Crippen LogP contribution in [0.5, 0.6) is 0 Å². The van der Waals surface area contributed by atoms with E-state index >= 15 is 0 Å². The van der Waals surface area contributed by atoms with E-state index in [0.29, 0.717) is 11.9 Å². The molecule has 1 aliphatic carbocycles. The summed E-state index contributed by atoms with van der Waals surface area (Å²) in [6.45, 7) is 2.19. The lowest BCUT2D eigenvalue weighted by Crippen LogP contribution is -2.31. The molecule has 1 aromatic heterocycles. The monoisotopic (exact) mass is 192 g/mol. The van der Waals surface area contributed by atoms with E-state index in [4.69, 9.17) is 5.73 Å². The summed E-state index contributed by atoms with van der Waals surface area (Å²) in [4.78, 5) is 8.15. The van der Waals surface area contributed by atoms with E-state index in [1.807, 2.05) is 0 Å². The maximum Gasteiger partial charge on any atom is 0.147 e. The van der Waals surface area contributed by atoms with E-state index in [9.17, 15) is 0 Å². The Morgan fingerprint density at radius 1 is 1.50 bits per heavy atom. The highest BCUT2D eigenvalue weighted by Crippen LogP contribution is 2.30. The number of nitrogens with one attached hydrogen (secondary N) is 1. The van der Waals surface area contributed by atoms with Crippen LogP contribution in [-0.4, -0.2) is 16.0 Å². The molecule has 0 amide bonds. The highest BCUT2D eigenvalue weighted by Gasteiger charge is 2.23. The summed E-state index contributed by atoms with van der Waals surface area (Å²) in [6.07, 6.45) is 7.28. The second-order valence-corrected chi connectivity index (χ2v) is 3.95. The number of nitrogens with two attached hydrogens (primary N) is 1. The molecule has 2 rings (SSSR count). The smallest absolute Gasteiger partial charge is 0.147 e. The normalized spacial score (nSPS) is 18.6. The molecule has 14 heavy (non-hydrogen) atoms. The Hall–Kier alpha value is -1.32. The maximum atomic E-state index is 5.54. The number of aromatic nitrogens is 2. The fraction of sp³-hybridized carbons (Fsp3) is 0.600. The number of hydrogen-bond acceptors (Lipinski definition) is 4. The number of nitrogen functional groups attached to an aromatic ring is 1. The summed E-state index contributed by atoms with van der Waals surface area (Å²) in [5.74, 6) is 2.04. The average Bonchev–Trinajstić information content (AvgIpc) is 1.99. The van der Waals surface area contributed by atoms with Gasteiger partial charge in [-0.3, -0.25) is 4.98 Å². The van der Waals surface area contributed by atoms with Crippen molar-refractivity contribution in [2.45, 2.75) is 32.2 Å². The molecule has 1 unspecified atom stereocenters. The molecule has 1 aliphatic rings. The van der Waals surface area contributed by atoms with Gasteiger partial charge in [0.2, 0.25) is 0 Å². The van der Waals surface area contributed by atoms with Crippen LogP contribution < -0.4 is 11.1 Å². The molecule has 4 nitrogen and oxygen atoms in total. The molecule has 1 fully saturated rings. The molecule has 1 aromatic rings. The lowest BCUT2D eigenvalue weighted by Gasteiger charge is -2.32. The molecule has 3 N–H and O–H groups in total. The van der Waals surface area contributed by atoms with Crippen LogP contribution in [0.3, 0.4) is 0 Å². The van der Waals surface area contributed by atoms with Crippen LogP contribution in [0.1, 0.15) is 26.2 Å². The molecule has 4 heteroatoms. The van der Waals surface area contributed by atoms with Gasteiger partial charge in [-0.25, -0.2) is 4.98 Å². The SMILES string of the molecule is CC(Nc1cncc(N)n1)C1CCC1. The standard InChI is InChI=1S/C10H16N4/c1-7(8-3-2-4-8)13-10-6-12-5-9(11)14-10/h5-8H,2-4H2,1H3,(H3,11,13,14). The van der Waals surface area contributed by atoms with Crippen LogP contribution in [-0.2, 0) is 0 Å². The van der Waals surface area contributed by atoms with Crippen molar-refractivity contribution in [3.05, 3.63) is 12.4 Å². The van der Waals surface area contributed by atoms with E-state index in [0.717, 1.165) is 11.7 Å². The van der Waals surface area contributed by atoms with E-state index in [2.05, 4.69) is 22.2 Å². The van der Waals surface area contributed by atoms with Gasteiger partial charge < -0.3 is 11.1 Å². The molecule has 1 atom stereocenters. The van der Waals surface area contributed by atoms with Crippen molar-refractivity contribution >= 4 is 11.6 Å². The largest absolute Gasteiger partial charge is 0.382 e. The van der Waals surface area contributed by atoms with Crippen LogP contribution in [0.4, 0.5) is 11.6 Å². The fourth-order valence-corrected chi connectivity index (χ4v) is 1.74. The van der Waals surface area contributed by atoms with Crippen molar-refractivity contribution in [3.8, 4) is 0 Å². The molecule has 0 aromatic carbocycles. The Kier molecular flexibility index (Phi) is 2.52. The minimum atomic E-state index is 0.468. The highest BCUT2D eigenvalue weighted by atomic mass is 15.1.